The van der Waals surface area contributed by atoms with E-state index in [1.54, 1.807) is 30.7 Å². The molecule has 3 N–H and O–H groups in total. The summed E-state index contributed by atoms with van der Waals surface area (Å²) in [5.74, 6) is -1.48. The van der Waals surface area contributed by atoms with Crippen LogP contribution in [0.3, 0.4) is 0 Å². The maximum atomic E-state index is 11.7. The highest BCUT2D eigenvalue weighted by atomic mass is 32.1. The molecular weight excluding hydrogens is 280 g/mol. The van der Waals surface area contributed by atoms with Gasteiger partial charge in [0.15, 0.2) is 0 Å². The number of carboxylic acids is 1. The normalized spacial score (nSPS) is 10.9. The molecule has 0 fully saturated rings. The Balaban J connectivity index is 2.30. The van der Waals surface area contributed by atoms with Crippen LogP contribution in [0.25, 0.3) is 0 Å². The molecule has 0 saturated heterocycles. The van der Waals surface area contributed by atoms with Gasteiger partial charge in [0, 0.05) is 29.4 Å². The zero-order valence-electron chi connectivity index (χ0n) is 11.4. The summed E-state index contributed by atoms with van der Waals surface area (Å²) in [6.07, 6.45) is -0.0427. The van der Waals surface area contributed by atoms with Gasteiger partial charge in [0.2, 0.25) is 5.91 Å². The number of thiophene rings is 1. The number of carboxylic acid groups (broad SMARTS) is 1. The van der Waals surface area contributed by atoms with Gasteiger partial charge in [-0.15, -0.1) is 0 Å². The van der Waals surface area contributed by atoms with E-state index in [0.29, 0.717) is 5.56 Å². The molecule has 2 amide bonds. The molecule has 1 heterocycles. The predicted octanol–water partition coefficient (Wildman–Crippen LogP) is 1.24. The van der Waals surface area contributed by atoms with Gasteiger partial charge in [-0.25, -0.2) is 0 Å². The van der Waals surface area contributed by atoms with Crippen LogP contribution in [0.2, 0.25) is 0 Å². The molecule has 110 valence electrons. The minimum absolute atomic E-state index is 0.110. The highest BCUT2D eigenvalue weighted by molar-refractivity contribution is 7.08. The quantitative estimate of drug-likeness (QED) is 0.705. The molecule has 0 spiro atoms. The van der Waals surface area contributed by atoms with Crippen LogP contribution in [0.4, 0.5) is 0 Å². The molecule has 6 nitrogen and oxygen atoms in total. The molecule has 0 unspecified atom stereocenters. The summed E-state index contributed by atoms with van der Waals surface area (Å²) in [7, 11) is 0. The van der Waals surface area contributed by atoms with E-state index in [1.165, 1.54) is 11.3 Å². The third-order valence-electron chi connectivity index (χ3n) is 2.49. The van der Waals surface area contributed by atoms with E-state index in [1.807, 2.05) is 0 Å². The molecular formula is C13H18N2O4S. The lowest BCUT2D eigenvalue weighted by Gasteiger charge is -2.24. The second-order valence-electron chi connectivity index (χ2n) is 5.02. The highest BCUT2D eigenvalue weighted by Gasteiger charge is 2.23. The number of hydrogen-bond donors (Lipinski definition) is 3. The number of aliphatic carboxylic acids is 1. The highest BCUT2D eigenvalue weighted by Crippen LogP contribution is 2.08. The van der Waals surface area contributed by atoms with E-state index in [2.05, 4.69) is 10.6 Å². The first kappa shape index (κ1) is 16.2. The molecule has 1 aromatic heterocycles. The van der Waals surface area contributed by atoms with Crippen molar-refractivity contribution in [3.05, 3.63) is 22.4 Å². The molecule has 0 aliphatic carbocycles. The summed E-state index contributed by atoms with van der Waals surface area (Å²) >= 11 is 1.43. The first-order valence-electron chi connectivity index (χ1n) is 6.13. The number of hydrogen-bond acceptors (Lipinski definition) is 4. The summed E-state index contributed by atoms with van der Waals surface area (Å²) in [6, 6.07) is 1.70. The van der Waals surface area contributed by atoms with E-state index in [9.17, 15) is 14.4 Å². The first-order chi connectivity index (χ1) is 9.30. The van der Waals surface area contributed by atoms with Crippen LogP contribution in [-0.4, -0.2) is 35.0 Å². The van der Waals surface area contributed by atoms with Gasteiger partial charge in [0.05, 0.1) is 6.42 Å². The Kier molecular flexibility index (Phi) is 5.69. The number of carbonyl (C=O) groups excluding carboxylic acids is 2. The van der Waals surface area contributed by atoms with Crippen molar-refractivity contribution in [2.24, 2.45) is 0 Å². The van der Waals surface area contributed by atoms with Crippen molar-refractivity contribution in [3.8, 4) is 0 Å². The zero-order valence-corrected chi connectivity index (χ0v) is 12.3. The van der Waals surface area contributed by atoms with Gasteiger partial charge in [-0.05, 0) is 25.3 Å². The third-order valence-corrected chi connectivity index (χ3v) is 3.18. The van der Waals surface area contributed by atoms with Crippen molar-refractivity contribution in [3.63, 3.8) is 0 Å². The van der Waals surface area contributed by atoms with Crippen LogP contribution >= 0.6 is 11.3 Å². The van der Waals surface area contributed by atoms with E-state index in [-0.39, 0.29) is 31.2 Å². The largest absolute Gasteiger partial charge is 0.481 e. The van der Waals surface area contributed by atoms with Gasteiger partial charge in [0.1, 0.15) is 0 Å². The molecule has 7 heteroatoms. The average Bonchev–Trinajstić information content (AvgIpc) is 2.78. The standard InChI is InChI=1S/C13H18N2O4S/c1-13(2,7-11(17)18)15-10(16)3-5-14-12(19)9-4-6-20-8-9/h4,6,8H,3,5,7H2,1-2H3,(H,14,19)(H,15,16)(H,17,18). The Morgan fingerprint density at radius 3 is 2.60 bits per heavy atom. The second kappa shape index (κ2) is 7.04. The fourth-order valence-electron chi connectivity index (χ4n) is 1.65. The van der Waals surface area contributed by atoms with Gasteiger partial charge in [-0.1, -0.05) is 0 Å². The predicted molar refractivity (Wildman–Crippen MR) is 75.7 cm³/mol. The fraction of sp³-hybridized carbons (Fsp3) is 0.462. The van der Waals surface area contributed by atoms with Crippen LogP contribution < -0.4 is 10.6 Å². The Bertz CT molecular complexity index is 483. The summed E-state index contributed by atoms with van der Waals surface area (Å²) in [5, 5.41) is 17.5. The SMILES string of the molecule is CC(C)(CC(=O)O)NC(=O)CCNC(=O)c1ccsc1. The number of rotatable bonds is 7. The summed E-state index contributed by atoms with van der Waals surface area (Å²) in [6.45, 7) is 3.50. The molecule has 0 bridgehead atoms. The Morgan fingerprint density at radius 2 is 2.05 bits per heavy atom. The number of nitrogens with one attached hydrogen (secondary N) is 2. The lowest BCUT2D eigenvalue weighted by Crippen LogP contribution is -2.45. The molecule has 0 radical (unpaired) electrons. The third kappa shape index (κ3) is 5.83. The van der Waals surface area contributed by atoms with Crippen LogP contribution in [0.15, 0.2) is 16.8 Å². The molecule has 0 atom stereocenters. The molecule has 1 rings (SSSR count). The first-order valence-corrected chi connectivity index (χ1v) is 7.08. The summed E-state index contributed by atoms with van der Waals surface area (Å²) in [4.78, 5) is 33.9. The Hall–Kier alpha value is -1.89. The minimum Gasteiger partial charge on any atom is -0.481 e. The van der Waals surface area contributed by atoms with Gasteiger partial charge >= 0.3 is 5.97 Å². The van der Waals surface area contributed by atoms with E-state index in [4.69, 9.17) is 5.11 Å². The molecule has 0 aliphatic heterocycles. The zero-order chi connectivity index (χ0) is 15.2. The number of carbonyl (C=O) groups is 3. The van der Waals surface area contributed by atoms with Crippen LogP contribution in [0, 0.1) is 0 Å². The summed E-state index contributed by atoms with van der Waals surface area (Å²) < 4.78 is 0. The van der Waals surface area contributed by atoms with Gasteiger partial charge in [-0.2, -0.15) is 11.3 Å². The molecule has 0 aliphatic rings. The van der Waals surface area contributed by atoms with E-state index >= 15 is 0 Å². The van der Waals surface area contributed by atoms with E-state index in [0.717, 1.165) is 0 Å². The second-order valence-corrected chi connectivity index (χ2v) is 5.80. The van der Waals surface area contributed by atoms with Crippen molar-refractivity contribution in [1.29, 1.82) is 0 Å². The molecule has 1 aromatic rings. The van der Waals surface area contributed by atoms with Gasteiger partial charge in [0.25, 0.3) is 5.91 Å². The van der Waals surface area contributed by atoms with E-state index < -0.39 is 11.5 Å². The van der Waals surface area contributed by atoms with Crippen molar-refractivity contribution < 1.29 is 19.5 Å². The van der Waals surface area contributed by atoms with Crippen molar-refractivity contribution in [2.45, 2.75) is 32.2 Å². The average molecular weight is 298 g/mol. The van der Waals surface area contributed by atoms with Crippen LogP contribution in [0.5, 0.6) is 0 Å². The van der Waals surface area contributed by atoms with Crippen molar-refractivity contribution in [1.82, 2.24) is 10.6 Å². The summed E-state index contributed by atoms with van der Waals surface area (Å²) in [5.41, 5.74) is -0.234. The van der Waals surface area contributed by atoms with Gasteiger partial charge in [-0.3, -0.25) is 14.4 Å². The number of amides is 2. The fourth-order valence-corrected chi connectivity index (χ4v) is 2.28. The van der Waals surface area contributed by atoms with Crippen molar-refractivity contribution >= 4 is 29.1 Å². The molecule has 20 heavy (non-hydrogen) atoms. The smallest absolute Gasteiger partial charge is 0.305 e. The molecule has 0 aromatic carbocycles. The van der Waals surface area contributed by atoms with Crippen LogP contribution in [-0.2, 0) is 9.59 Å². The van der Waals surface area contributed by atoms with Crippen molar-refractivity contribution in [2.75, 3.05) is 6.54 Å². The maximum Gasteiger partial charge on any atom is 0.305 e. The van der Waals surface area contributed by atoms with Crippen LogP contribution in [0.1, 0.15) is 37.0 Å². The maximum absolute atomic E-state index is 11.7. The lowest BCUT2D eigenvalue weighted by molar-refractivity contribution is -0.138. The topological polar surface area (TPSA) is 95.5 Å². The Labute approximate surface area is 121 Å². The Morgan fingerprint density at radius 1 is 1.35 bits per heavy atom. The molecule has 0 saturated carbocycles. The van der Waals surface area contributed by atoms with Gasteiger partial charge < -0.3 is 15.7 Å². The lowest BCUT2D eigenvalue weighted by atomic mass is 10.0. The monoisotopic (exact) mass is 298 g/mol. The minimum atomic E-state index is -0.971.